The smallest absolute Gasteiger partial charge is 0.258 e. The fraction of sp³-hybridized carbons (Fsp3) is 0.353. The highest BCUT2D eigenvalue weighted by molar-refractivity contribution is 6.30. The Morgan fingerprint density at radius 2 is 1.96 bits per heavy atom. The number of ether oxygens (including phenoxy) is 1. The van der Waals surface area contributed by atoms with Crippen LogP contribution in [-0.2, 0) is 11.3 Å². The number of nitrogens with zero attached hydrogens (tertiary/aromatic N) is 3. The van der Waals surface area contributed by atoms with Gasteiger partial charge >= 0.3 is 0 Å². The summed E-state index contributed by atoms with van der Waals surface area (Å²) in [7, 11) is 0. The minimum absolute atomic E-state index is 0.0621. The molecule has 1 aromatic heterocycles. The molecule has 24 heavy (non-hydrogen) atoms. The first kappa shape index (κ1) is 16.5. The van der Waals surface area contributed by atoms with Crippen molar-refractivity contribution < 1.29 is 9.53 Å². The molecule has 0 bridgehead atoms. The first-order chi connectivity index (χ1) is 11.7. The predicted octanol–water partition coefficient (Wildman–Crippen LogP) is 2.43. The zero-order chi connectivity index (χ0) is 16.8. The topological polar surface area (TPSA) is 67.3 Å². The number of halogens is 1. The molecule has 1 N–H and O–H groups in total. The van der Waals surface area contributed by atoms with Crippen LogP contribution >= 0.6 is 11.6 Å². The maximum atomic E-state index is 11.9. The molecule has 2 heterocycles. The Balaban J connectivity index is 1.47. The molecule has 2 aromatic rings. The van der Waals surface area contributed by atoms with E-state index in [0.717, 1.165) is 18.9 Å². The second kappa shape index (κ2) is 7.97. The second-order valence-electron chi connectivity index (χ2n) is 5.54. The van der Waals surface area contributed by atoms with Gasteiger partial charge in [-0.05, 0) is 43.2 Å². The van der Waals surface area contributed by atoms with Crippen LogP contribution in [0.3, 0.4) is 0 Å². The van der Waals surface area contributed by atoms with E-state index >= 15 is 0 Å². The van der Waals surface area contributed by atoms with E-state index in [1.807, 2.05) is 6.07 Å². The lowest BCUT2D eigenvalue weighted by Gasteiger charge is -2.16. The summed E-state index contributed by atoms with van der Waals surface area (Å²) in [5.74, 6) is 1.89. The highest BCUT2D eigenvalue weighted by Gasteiger charge is 2.14. The van der Waals surface area contributed by atoms with Gasteiger partial charge in [-0.15, -0.1) is 0 Å². The Morgan fingerprint density at radius 1 is 1.21 bits per heavy atom. The molecule has 0 saturated carbocycles. The molecule has 0 radical (unpaired) electrons. The van der Waals surface area contributed by atoms with Crippen molar-refractivity contribution in [2.75, 3.05) is 24.6 Å². The van der Waals surface area contributed by atoms with Gasteiger partial charge in [0, 0.05) is 24.3 Å². The lowest BCUT2D eigenvalue weighted by atomic mass is 10.3. The monoisotopic (exact) mass is 346 g/mol. The molecule has 1 aliphatic rings. The van der Waals surface area contributed by atoms with Crippen LogP contribution in [0.1, 0.15) is 18.7 Å². The minimum Gasteiger partial charge on any atom is -0.484 e. The quantitative estimate of drug-likeness (QED) is 0.870. The lowest BCUT2D eigenvalue weighted by Crippen LogP contribution is -2.29. The summed E-state index contributed by atoms with van der Waals surface area (Å²) in [6, 6.07) is 8.77. The number of benzene rings is 1. The summed E-state index contributed by atoms with van der Waals surface area (Å²) in [6.45, 7) is 2.27. The standard InChI is InChI=1S/C17H19ClN4O2/c18-13-3-5-14(6-4-13)24-12-17(23)20-11-15-19-8-7-16(21-15)22-9-1-2-10-22/h3-8H,1-2,9-12H2,(H,20,23). The van der Waals surface area contributed by atoms with Crippen molar-refractivity contribution in [1.82, 2.24) is 15.3 Å². The molecule has 6 nitrogen and oxygen atoms in total. The first-order valence-corrected chi connectivity index (χ1v) is 8.30. The van der Waals surface area contributed by atoms with Gasteiger partial charge in [-0.1, -0.05) is 11.6 Å². The SMILES string of the molecule is O=C(COc1ccc(Cl)cc1)NCc1nccc(N2CCCC2)n1. The van der Waals surface area contributed by atoms with E-state index in [9.17, 15) is 4.79 Å². The van der Waals surface area contributed by atoms with Gasteiger partial charge in [0.25, 0.3) is 5.91 Å². The molecule has 1 fully saturated rings. The van der Waals surface area contributed by atoms with Gasteiger partial charge in [-0.2, -0.15) is 0 Å². The fourth-order valence-corrected chi connectivity index (χ4v) is 2.63. The Bertz CT molecular complexity index is 687. The van der Waals surface area contributed by atoms with Crippen LogP contribution in [0.4, 0.5) is 5.82 Å². The van der Waals surface area contributed by atoms with E-state index in [4.69, 9.17) is 16.3 Å². The summed E-state index contributed by atoms with van der Waals surface area (Å²) in [6.07, 6.45) is 4.11. The van der Waals surface area contributed by atoms with Gasteiger partial charge in [0.1, 0.15) is 17.4 Å². The normalized spacial score (nSPS) is 13.8. The van der Waals surface area contributed by atoms with Crippen LogP contribution in [0.2, 0.25) is 5.02 Å². The summed E-state index contributed by atoms with van der Waals surface area (Å²) >= 11 is 5.80. The van der Waals surface area contributed by atoms with Crippen molar-refractivity contribution in [1.29, 1.82) is 0 Å². The number of aromatic nitrogens is 2. The summed E-state index contributed by atoms with van der Waals surface area (Å²) in [5, 5.41) is 3.39. The van der Waals surface area contributed by atoms with E-state index in [-0.39, 0.29) is 19.1 Å². The Morgan fingerprint density at radius 3 is 2.71 bits per heavy atom. The molecule has 3 rings (SSSR count). The molecule has 126 valence electrons. The van der Waals surface area contributed by atoms with Gasteiger partial charge < -0.3 is 15.0 Å². The summed E-state index contributed by atoms with van der Waals surface area (Å²) in [5.41, 5.74) is 0. The van der Waals surface area contributed by atoms with Gasteiger partial charge in [0.2, 0.25) is 0 Å². The fourth-order valence-electron chi connectivity index (χ4n) is 2.50. The maximum Gasteiger partial charge on any atom is 0.258 e. The third-order valence-corrected chi connectivity index (χ3v) is 4.00. The molecule has 0 unspecified atom stereocenters. The van der Waals surface area contributed by atoms with Crippen LogP contribution in [0.25, 0.3) is 0 Å². The number of carbonyl (C=O) groups excluding carboxylic acids is 1. The zero-order valence-corrected chi connectivity index (χ0v) is 14.0. The molecule has 0 atom stereocenters. The molecule has 1 aliphatic heterocycles. The third-order valence-electron chi connectivity index (χ3n) is 3.75. The number of amides is 1. The number of anilines is 1. The van der Waals surface area contributed by atoms with Crippen LogP contribution in [0, 0.1) is 0 Å². The highest BCUT2D eigenvalue weighted by atomic mass is 35.5. The number of hydrogen-bond donors (Lipinski definition) is 1. The number of rotatable bonds is 6. The molecular formula is C17H19ClN4O2. The molecular weight excluding hydrogens is 328 g/mol. The molecule has 1 aromatic carbocycles. The third kappa shape index (κ3) is 4.58. The highest BCUT2D eigenvalue weighted by Crippen LogP contribution is 2.17. The largest absolute Gasteiger partial charge is 0.484 e. The lowest BCUT2D eigenvalue weighted by molar-refractivity contribution is -0.123. The van der Waals surface area contributed by atoms with Crippen molar-refractivity contribution in [3.05, 3.63) is 47.4 Å². The summed E-state index contributed by atoms with van der Waals surface area (Å²) in [4.78, 5) is 22.8. The van der Waals surface area contributed by atoms with E-state index in [2.05, 4.69) is 20.2 Å². The van der Waals surface area contributed by atoms with Crippen molar-refractivity contribution in [3.8, 4) is 5.75 Å². The van der Waals surface area contributed by atoms with E-state index in [1.165, 1.54) is 12.8 Å². The van der Waals surface area contributed by atoms with Crippen molar-refractivity contribution in [2.24, 2.45) is 0 Å². The van der Waals surface area contributed by atoms with Crippen molar-refractivity contribution in [2.45, 2.75) is 19.4 Å². The number of carbonyl (C=O) groups is 1. The number of hydrogen-bond acceptors (Lipinski definition) is 5. The molecule has 7 heteroatoms. The summed E-state index contributed by atoms with van der Waals surface area (Å²) < 4.78 is 5.40. The van der Waals surface area contributed by atoms with E-state index < -0.39 is 0 Å². The first-order valence-electron chi connectivity index (χ1n) is 7.93. The molecule has 1 saturated heterocycles. The molecule has 1 amide bonds. The van der Waals surface area contributed by atoms with E-state index in [1.54, 1.807) is 30.5 Å². The molecule has 0 aliphatic carbocycles. The van der Waals surface area contributed by atoms with Gasteiger partial charge in [-0.3, -0.25) is 4.79 Å². The zero-order valence-electron chi connectivity index (χ0n) is 13.2. The van der Waals surface area contributed by atoms with Gasteiger partial charge in [-0.25, -0.2) is 9.97 Å². The average molecular weight is 347 g/mol. The Hall–Kier alpha value is -2.34. The van der Waals surface area contributed by atoms with Crippen LogP contribution < -0.4 is 15.0 Å². The average Bonchev–Trinajstić information content (AvgIpc) is 3.14. The van der Waals surface area contributed by atoms with Crippen molar-refractivity contribution >= 4 is 23.3 Å². The Labute approximate surface area is 145 Å². The van der Waals surface area contributed by atoms with Crippen LogP contribution in [0.5, 0.6) is 5.75 Å². The predicted molar refractivity (Wildman–Crippen MR) is 92.3 cm³/mol. The maximum absolute atomic E-state index is 11.9. The van der Waals surface area contributed by atoms with Gasteiger partial charge in [0.05, 0.1) is 6.54 Å². The second-order valence-corrected chi connectivity index (χ2v) is 5.98. The van der Waals surface area contributed by atoms with E-state index in [0.29, 0.717) is 16.6 Å². The minimum atomic E-state index is -0.222. The molecule has 0 spiro atoms. The Kier molecular flexibility index (Phi) is 5.48. The number of nitrogens with one attached hydrogen (secondary N) is 1. The van der Waals surface area contributed by atoms with Crippen molar-refractivity contribution in [3.63, 3.8) is 0 Å². The van der Waals surface area contributed by atoms with Gasteiger partial charge in [0.15, 0.2) is 6.61 Å². The van der Waals surface area contributed by atoms with Crippen LogP contribution in [0.15, 0.2) is 36.5 Å². The van der Waals surface area contributed by atoms with Crippen LogP contribution in [-0.4, -0.2) is 35.6 Å².